The molecule has 7 nitrogen and oxygen atoms in total. The summed E-state index contributed by atoms with van der Waals surface area (Å²) in [6, 6.07) is 0. The first-order valence-electron chi connectivity index (χ1n) is 11.2. The molecular weight excluding hydrogens is 390 g/mol. The van der Waals surface area contributed by atoms with Crippen LogP contribution >= 0.6 is 0 Å². The van der Waals surface area contributed by atoms with Gasteiger partial charge >= 0.3 is 0 Å². The van der Waals surface area contributed by atoms with Crippen molar-refractivity contribution >= 4 is 9.84 Å². The van der Waals surface area contributed by atoms with Gasteiger partial charge in [0.25, 0.3) is 0 Å². The van der Waals surface area contributed by atoms with Gasteiger partial charge in [0.1, 0.15) is 0 Å². The van der Waals surface area contributed by atoms with Crippen molar-refractivity contribution in [3.63, 3.8) is 0 Å². The number of hydrogen-bond donors (Lipinski definition) is 1. The summed E-state index contributed by atoms with van der Waals surface area (Å²) < 4.78 is 33.9. The molecule has 1 aliphatic carbocycles. The minimum absolute atomic E-state index is 0.228. The Morgan fingerprint density at radius 3 is 2.45 bits per heavy atom. The van der Waals surface area contributed by atoms with Gasteiger partial charge in [-0.3, -0.25) is 4.90 Å². The Morgan fingerprint density at radius 1 is 1.14 bits per heavy atom. The van der Waals surface area contributed by atoms with E-state index in [1.54, 1.807) is 13.3 Å². The van der Waals surface area contributed by atoms with Crippen LogP contribution in [0.1, 0.15) is 63.5 Å². The Kier molecular flexibility index (Phi) is 8.53. The second-order valence-electron chi connectivity index (χ2n) is 8.57. The molecule has 29 heavy (non-hydrogen) atoms. The fraction of sp³-hybridized carbons (Fsp3) is 0.857. The summed E-state index contributed by atoms with van der Waals surface area (Å²) in [4.78, 5) is 6.79. The predicted octanol–water partition coefficient (Wildman–Crippen LogP) is 2.62. The molecule has 1 aliphatic heterocycles. The molecule has 1 aromatic heterocycles. The number of methoxy groups -OCH3 is 1. The third-order valence-electron chi connectivity index (χ3n) is 6.55. The zero-order valence-corrected chi connectivity index (χ0v) is 18.6. The number of sulfone groups is 1. The van der Waals surface area contributed by atoms with Crippen LogP contribution in [0.15, 0.2) is 11.4 Å². The van der Waals surface area contributed by atoms with Gasteiger partial charge in [-0.15, -0.1) is 0 Å². The topological polar surface area (TPSA) is 84.7 Å². The maximum atomic E-state index is 13.4. The molecule has 1 saturated heterocycles. The van der Waals surface area contributed by atoms with Crippen molar-refractivity contribution in [3.8, 4) is 0 Å². The van der Waals surface area contributed by atoms with Crippen molar-refractivity contribution in [1.82, 2.24) is 14.5 Å². The summed E-state index contributed by atoms with van der Waals surface area (Å²) in [5.74, 6) is 0.598. The summed E-state index contributed by atoms with van der Waals surface area (Å²) in [5.41, 5.74) is 0.954. The minimum Gasteiger partial charge on any atom is -0.396 e. The van der Waals surface area contributed by atoms with E-state index in [-0.39, 0.29) is 17.0 Å². The van der Waals surface area contributed by atoms with E-state index in [1.807, 2.05) is 4.57 Å². The molecule has 0 radical (unpaired) electrons. The van der Waals surface area contributed by atoms with Crippen LogP contribution in [0.3, 0.4) is 0 Å². The van der Waals surface area contributed by atoms with Gasteiger partial charge in [-0.1, -0.05) is 25.7 Å². The van der Waals surface area contributed by atoms with Crippen LogP contribution in [0.4, 0.5) is 0 Å². The Hall–Kier alpha value is -0.960. The summed E-state index contributed by atoms with van der Waals surface area (Å²) >= 11 is 0. The molecule has 2 fully saturated rings. The lowest BCUT2D eigenvalue weighted by Crippen LogP contribution is -2.34. The van der Waals surface area contributed by atoms with Crippen LogP contribution in [0, 0.1) is 5.92 Å². The maximum absolute atomic E-state index is 13.4. The molecule has 2 heterocycles. The number of aliphatic hydroxyl groups is 1. The van der Waals surface area contributed by atoms with E-state index >= 15 is 0 Å². The lowest BCUT2D eigenvalue weighted by molar-refractivity contribution is 0.148. The number of rotatable bonds is 9. The van der Waals surface area contributed by atoms with Crippen molar-refractivity contribution in [3.05, 3.63) is 11.9 Å². The van der Waals surface area contributed by atoms with Crippen LogP contribution in [-0.4, -0.2) is 66.6 Å². The SMILES string of the molecule is COCCn1c(CN2CCC(CCO)CC2)cnc1S(=O)(=O)C1CCCCCC1. The molecule has 166 valence electrons. The van der Waals surface area contributed by atoms with Gasteiger partial charge in [0, 0.05) is 26.8 Å². The highest BCUT2D eigenvalue weighted by Crippen LogP contribution is 2.29. The maximum Gasteiger partial charge on any atom is 0.228 e. The largest absolute Gasteiger partial charge is 0.396 e. The predicted molar refractivity (Wildman–Crippen MR) is 112 cm³/mol. The highest BCUT2D eigenvalue weighted by Gasteiger charge is 2.33. The van der Waals surface area contributed by atoms with E-state index in [0.717, 1.165) is 76.6 Å². The zero-order valence-electron chi connectivity index (χ0n) is 17.8. The van der Waals surface area contributed by atoms with Crippen molar-refractivity contribution in [2.45, 2.75) is 81.3 Å². The summed E-state index contributed by atoms with van der Waals surface area (Å²) in [6.45, 7) is 3.90. The molecule has 1 aromatic rings. The smallest absolute Gasteiger partial charge is 0.228 e. The van der Waals surface area contributed by atoms with Gasteiger partial charge in [0.2, 0.25) is 15.0 Å². The summed E-state index contributed by atoms with van der Waals surface area (Å²) in [7, 11) is -1.79. The van der Waals surface area contributed by atoms with Gasteiger partial charge in [-0.25, -0.2) is 13.4 Å². The fourth-order valence-electron chi connectivity index (χ4n) is 4.71. The van der Waals surface area contributed by atoms with Gasteiger partial charge < -0.3 is 14.4 Å². The quantitative estimate of drug-likeness (QED) is 0.610. The molecule has 0 spiro atoms. The highest BCUT2D eigenvalue weighted by atomic mass is 32.2. The molecular formula is C21H37N3O4S. The molecule has 1 saturated carbocycles. The molecule has 8 heteroatoms. The Labute approximate surface area is 175 Å². The molecule has 0 unspecified atom stereocenters. The molecule has 0 atom stereocenters. The Bertz CT molecular complexity index is 718. The van der Waals surface area contributed by atoms with E-state index in [4.69, 9.17) is 9.84 Å². The zero-order chi connectivity index (χ0) is 20.7. The van der Waals surface area contributed by atoms with E-state index < -0.39 is 9.84 Å². The number of nitrogens with zero attached hydrogens (tertiary/aromatic N) is 3. The first-order valence-corrected chi connectivity index (χ1v) is 12.7. The average molecular weight is 428 g/mol. The van der Waals surface area contributed by atoms with Crippen LogP contribution in [0.5, 0.6) is 0 Å². The summed E-state index contributed by atoms with van der Waals surface area (Å²) in [5, 5.41) is 9.07. The number of aromatic nitrogens is 2. The van der Waals surface area contributed by atoms with Crippen molar-refractivity contribution in [2.24, 2.45) is 5.92 Å². The molecule has 0 amide bonds. The van der Waals surface area contributed by atoms with Crippen molar-refractivity contribution < 1.29 is 18.3 Å². The van der Waals surface area contributed by atoms with E-state index in [2.05, 4.69) is 9.88 Å². The Morgan fingerprint density at radius 2 is 1.83 bits per heavy atom. The highest BCUT2D eigenvalue weighted by molar-refractivity contribution is 7.91. The van der Waals surface area contributed by atoms with Crippen LogP contribution in [0.25, 0.3) is 0 Å². The van der Waals surface area contributed by atoms with Gasteiger partial charge in [-0.2, -0.15) is 0 Å². The van der Waals surface area contributed by atoms with Crippen LogP contribution < -0.4 is 0 Å². The number of piperidine rings is 1. The minimum atomic E-state index is -3.43. The first-order chi connectivity index (χ1) is 14.1. The second-order valence-corrected chi connectivity index (χ2v) is 10.7. The second kappa shape index (κ2) is 10.9. The third kappa shape index (κ3) is 5.81. The summed E-state index contributed by atoms with van der Waals surface area (Å²) in [6.07, 6.45) is 10.5. The van der Waals surface area contributed by atoms with Crippen molar-refractivity contribution in [1.29, 1.82) is 0 Å². The number of aliphatic hydroxyl groups excluding tert-OH is 1. The average Bonchev–Trinajstić information content (AvgIpc) is 2.92. The molecule has 0 aromatic carbocycles. The van der Waals surface area contributed by atoms with E-state index in [1.165, 1.54) is 0 Å². The standard InChI is InChI=1S/C21H37N3O4S/c1-28-15-13-24-19(17-23-11-8-18(9-12-23)10-14-25)16-22-21(24)29(26,27)20-6-4-2-3-5-7-20/h16,18,20,25H,2-15,17H2,1H3. The lowest BCUT2D eigenvalue weighted by Gasteiger charge is -2.31. The van der Waals surface area contributed by atoms with Gasteiger partial charge in [0.15, 0.2) is 0 Å². The Balaban J connectivity index is 1.76. The molecule has 1 N–H and O–H groups in total. The van der Waals surface area contributed by atoms with Crippen LogP contribution in [-0.2, 0) is 27.7 Å². The number of ether oxygens (including phenoxy) is 1. The normalized spacial score (nSPS) is 20.8. The van der Waals surface area contributed by atoms with E-state index in [0.29, 0.717) is 25.6 Å². The van der Waals surface area contributed by atoms with E-state index in [9.17, 15) is 8.42 Å². The molecule has 0 bridgehead atoms. The fourth-order valence-corrected chi connectivity index (χ4v) is 6.68. The molecule has 2 aliphatic rings. The number of imidazole rings is 1. The monoisotopic (exact) mass is 427 g/mol. The molecule has 3 rings (SSSR count). The van der Waals surface area contributed by atoms with Crippen LogP contribution in [0.2, 0.25) is 0 Å². The number of likely N-dealkylation sites (tertiary alicyclic amines) is 1. The third-order valence-corrected chi connectivity index (χ3v) is 8.73. The lowest BCUT2D eigenvalue weighted by atomic mass is 9.94. The first kappa shape index (κ1) is 22.7. The van der Waals surface area contributed by atoms with Gasteiger partial charge in [0.05, 0.1) is 23.7 Å². The van der Waals surface area contributed by atoms with Gasteiger partial charge in [-0.05, 0) is 51.1 Å². The van der Waals surface area contributed by atoms with Crippen molar-refractivity contribution in [2.75, 3.05) is 33.4 Å². The number of hydrogen-bond acceptors (Lipinski definition) is 6.